The van der Waals surface area contributed by atoms with Crippen LogP contribution in [0.2, 0.25) is 0 Å². The van der Waals surface area contributed by atoms with Gasteiger partial charge in [-0.3, -0.25) is 0 Å². The predicted molar refractivity (Wildman–Crippen MR) is 120 cm³/mol. The van der Waals surface area contributed by atoms with E-state index in [0.29, 0.717) is 24.3 Å². The van der Waals surface area contributed by atoms with Gasteiger partial charge in [-0.15, -0.1) is 0 Å². The first-order chi connectivity index (χ1) is 16.0. The van der Waals surface area contributed by atoms with E-state index in [4.69, 9.17) is 9.47 Å². The van der Waals surface area contributed by atoms with Crippen LogP contribution in [0.25, 0.3) is 0 Å². The van der Waals surface area contributed by atoms with Crippen LogP contribution >= 0.6 is 0 Å². The first-order valence-electron chi connectivity index (χ1n) is 11.3. The van der Waals surface area contributed by atoms with Crippen molar-refractivity contribution in [2.24, 2.45) is 0 Å². The minimum absolute atomic E-state index is 0.329. The van der Waals surface area contributed by atoms with Crippen LogP contribution in [0.5, 0.6) is 0 Å². The average Bonchev–Trinajstić information content (AvgIpc) is 3.05. The highest BCUT2D eigenvalue weighted by molar-refractivity contribution is 5.89. The van der Waals surface area contributed by atoms with Gasteiger partial charge in [0.2, 0.25) is 0 Å². The Morgan fingerprint density at radius 3 is 1.45 bits per heavy atom. The summed E-state index contributed by atoms with van der Waals surface area (Å²) in [6, 6.07) is 10.7. The molecule has 2 aromatic carbocycles. The van der Waals surface area contributed by atoms with Crippen LogP contribution in [0, 0.1) is 11.6 Å². The number of hydrogen-bond acceptors (Lipinski definition) is 6. The second kappa shape index (κ2) is 13.0. The quantitative estimate of drug-likeness (QED) is 0.398. The molecular formula is C25H30F2N2O4. The first kappa shape index (κ1) is 24.8. The molecule has 1 heterocycles. The maximum absolute atomic E-state index is 12.9. The molecule has 3 rings (SSSR count). The van der Waals surface area contributed by atoms with Gasteiger partial charge in [0.25, 0.3) is 0 Å². The lowest BCUT2D eigenvalue weighted by Crippen LogP contribution is -2.32. The highest BCUT2D eigenvalue weighted by Gasteiger charge is 2.15. The normalized spacial score (nSPS) is 15.1. The average molecular weight is 461 g/mol. The maximum Gasteiger partial charge on any atom is 0.338 e. The summed E-state index contributed by atoms with van der Waals surface area (Å²) in [5.41, 5.74) is 0.704. The first-order valence-corrected chi connectivity index (χ1v) is 11.3. The fourth-order valence-corrected chi connectivity index (χ4v) is 3.72. The minimum Gasteiger partial charge on any atom is -0.462 e. The molecule has 178 valence electrons. The van der Waals surface area contributed by atoms with Crippen molar-refractivity contribution in [3.63, 3.8) is 0 Å². The highest BCUT2D eigenvalue weighted by atomic mass is 19.1. The zero-order chi connectivity index (χ0) is 23.5. The van der Waals surface area contributed by atoms with E-state index in [1.807, 2.05) is 0 Å². The molecule has 0 unspecified atom stereocenters. The summed E-state index contributed by atoms with van der Waals surface area (Å²) in [6.07, 6.45) is 2.53. The van der Waals surface area contributed by atoms with Crippen LogP contribution in [0.15, 0.2) is 48.5 Å². The predicted octanol–water partition coefficient (Wildman–Crippen LogP) is 3.77. The lowest BCUT2D eigenvalue weighted by Gasteiger charge is -2.21. The molecule has 0 bridgehead atoms. The molecule has 1 fully saturated rings. The minimum atomic E-state index is -0.433. The third-order valence-corrected chi connectivity index (χ3v) is 5.54. The van der Waals surface area contributed by atoms with Crippen LogP contribution < -0.4 is 0 Å². The Labute approximate surface area is 193 Å². The van der Waals surface area contributed by atoms with E-state index in [1.54, 1.807) is 0 Å². The third kappa shape index (κ3) is 8.55. The standard InChI is InChI=1S/C25H30F2N2O4/c26-22-8-4-20(5-9-22)24(30)32-18-2-14-28-12-1-13-29(17-16-28)15-3-19-33-25(31)21-6-10-23(27)11-7-21/h4-11H,1-3,12-19H2. The summed E-state index contributed by atoms with van der Waals surface area (Å²) in [5.74, 6) is -1.63. The van der Waals surface area contributed by atoms with Gasteiger partial charge in [0.1, 0.15) is 11.6 Å². The van der Waals surface area contributed by atoms with Crippen molar-refractivity contribution >= 4 is 11.9 Å². The topological polar surface area (TPSA) is 59.1 Å². The fourth-order valence-electron chi connectivity index (χ4n) is 3.72. The van der Waals surface area contributed by atoms with Crippen LogP contribution in [0.1, 0.15) is 40.0 Å². The summed E-state index contributed by atoms with van der Waals surface area (Å²) >= 11 is 0. The summed E-state index contributed by atoms with van der Waals surface area (Å²) in [4.78, 5) is 28.6. The van der Waals surface area contributed by atoms with Crippen molar-refractivity contribution in [2.75, 3.05) is 52.5 Å². The molecule has 6 nitrogen and oxygen atoms in total. The van der Waals surface area contributed by atoms with Gasteiger partial charge >= 0.3 is 11.9 Å². The lowest BCUT2D eigenvalue weighted by atomic mass is 10.2. The van der Waals surface area contributed by atoms with E-state index in [2.05, 4.69) is 9.80 Å². The van der Waals surface area contributed by atoms with E-state index in [1.165, 1.54) is 48.5 Å². The van der Waals surface area contributed by atoms with E-state index in [0.717, 1.165) is 58.5 Å². The van der Waals surface area contributed by atoms with Crippen molar-refractivity contribution in [3.8, 4) is 0 Å². The van der Waals surface area contributed by atoms with Crippen LogP contribution in [0.4, 0.5) is 8.78 Å². The van der Waals surface area contributed by atoms with Crippen molar-refractivity contribution in [1.29, 1.82) is 0 Å². The summed E-state index contributed by atoms with van der Waals surface area (Å²) in [6.45, 7) is 6.19. The van der Waals surface area contributed by atoms with E-state index < -0.39 is 11.9 Å². The SMILES string of the molecule is O=C(OCCCN1CCCN(CCCOC(=O)c2ccc(F)cc2)CC1)c1ccc(F)cc1. The molecule has 0 aromatic heterocycles. The molecule has 2 aromatic rings. The molecule has 8 heteroatoms. The number of benzene rings is 2. The monoisotopic (exact) mass is 460 g/mol. The van der Waals surface area contributed by atoms with Gasteiger partial charge in [0.05, 0.1) is 24.3 Å². The molecule has 0 spiro atoms. The molecule has 33 heavy (non-hydrogen) atoms. The number of halogens is 2. The molecule has 0 saturated carbocycles. The molecule has 1 aliphatic rings. The lowest BCUT2D eigenvalue weighted by molar-refractivity contribution is 0.0476. The molecule has 0 N–H and O–H groups in total. The molecule has 0 aliphatic carbocycles. The van der Waals surface area contributed by atoms with E-state index in [-0.39, 0.29) is 11.6 Å². The second-order valence-corrected chi connectivity index (χ2v) is 8.03. The number of esters is 2. The molecule has 0 amide bonds. The Hall–Kier alpha value is -2.84. The van der Waals surface area contributed by atoms with Gasteiger partial charge in [-0.05, 0) is 80.9 Å². The summed E-state index contributed by atoms with van der Waals surface area (Å²) < 4.78 is 36.4. The zero-order valence-corrected chi connectivity index (χ0v) is 18.7. The summed E-state index contributed by atoms with van der Waals surface area (Å²) in [5, 5.41) is 0. The van der Waals surface area contributed by atoms with Crippen LogP contribution in [-0.2, 0) is 9.47 Å². The maximum atomic E-state index is 12.9. The Morgan fingerprint density at radius 1 is 0.667 bits per heavy atom. The molecule has 0 atom stereocenters. The number of nitrogens with zero attached hydrogens (tertiary/aromatic N) is 2. The second-order valence-electron chi connectivity index (χ2n) is 8.03. The van der Waals surface area contributed by atoms with Gasteiger partial charge in [0, 0.05) is 26.2 Å². The van der Waals surface area contributed by atoms with E-state index >= 15 is 0 Å². The van der Waals surface area contributed by atoms with Crippen LogP contribution in [-0.4, -0.2) is 74.2 Å². The molecular weight excluding hydrogens is 430 g/mol. The Kier molecular flexibility index (Phi) is 9.77. The van der Waals surface area contributed by atoms with Gasteiger partial charge in [0.15, 0.2) is 0 Å². The Morgan fingerprint density at radius 2 is 1.06 bits per heavy atom. The number of hydrogen-bond donors (Lipinski definition) is 0. The van der Waals surface area contributed by atoms with Crippen molar-refractivity contribution in [2.45, 2.75) is 19.3 Å². The zero-order valence-electron chi connectivity index (χ0n) is 18.7. The third-order valence-electron chi connectivity index (χ3n) is 5.54. The number of carbonyl (C=O) groups excluding carboxylic acids is 2. The molecule has 0 radical (unpaired) electrons. The smallest absolute Gasteiger partial charge is 0.338 e. The largest absolute Gasteiger partial charge is 0.462 e. The highest BCUT2D eigenvalue weighted by Crippen LogP contribution is 2.08. The number of ether oxygens (including phenoxy) is 2. The Bertz CT molecular complexity index is 817. The van der Waals surface area contributed by atoms with Gasteiger partial charge in [-0.1, -0.05) is 0 Å². The van der Waals surface area contributed by atoms with Crippen molar-refractivity contribution in [1.82, 2.24) is 9.80 Å². The van der Waals surface area contributed by atoms with Crippen molar-refractivity contribution in [3.05, 3.63) is 71.3 Å². The molecule has 1 saturated heterocycles. The molecule has 1 aliphatic heterocycles. The fraction of sp³-hybridized carbons (Fsp3) is 0.440. The Balaban J connectivity index is 1.26. The summed E-state index contributed by atoms with van der Waals surface area (Å²) in [7, 11) is 0. The van der Waals surface area contributed by atoms with Gasteiger partial charge in [-0.25, -0.2) is 18.4 Å². The van der Waals surface area contributed by atoms with E-state index in [9.17, 15) is 18.4 Å². The number of carbonyl (C=O) groups is 2. The van der Waals surface area contributed by atoms with Gasteiger partial charge < -0.3 is 19.3 Å². The van der Waals surface area contributed by atoms with Crippen molar-refractivity contribution < 1.29 is 27.8 Å². The van der Waals surface area contributed by atoms with Gasteiger partial charge in [-0.2, -0.15) is 0 Å². The number of rotatable bonds is 10. The van der Waals surface area contributed by atoms with Crippen LogP contribution in [0.3, 0.4) is 0 Å².